The second kappa shape index (κ2) is 6.44. The Kier molecular flexibility index (Phi) is 4.84. The maximum atomic E-state index is 12.3. The molecule has 2 unspecified atom stereocenters. The number of hydrogen-bond acceptors (Lipinski definition) is 3. The summed E-state index contributed by atoms with van der Waals surface area (Å²) in [5.41, 5.74) is 0.301. The number of para-hydroxylation sites is 1. The van der Waals surface area contributed by atoms with Crippen molar-refractivity contribution >= 4 is 33.6 Å². The average molecular weight is 357 g/mol. The quantitative estimate of drug-likeness (QED) is 0.872. The lowest BCUT2D eigenvalue weighted by Crippen LogP contribution is -2.43. The number of benzene rings is 1. The molecule has 0 bridgehead atoms. The molecule has 0 spiro atoms. The van der Waals surface area contributed by atoms with Crippen LogP contribution in [0.3, 0.4) is 0 Å². The van der Waals surface area contributed by atoms with E-state index >= 15 is 0 Å². The van der Waals surface area contributed by atoms with Gasteiger partial charge >= 0.3 is 12.0 Å². The van der Waals surface area contributed by atoms with E-state index in [1.165, 1.54) is 6.07 Å². The van der Waals surface area contributed by atoms with Gasteiger partial charge < -0.3 is 20.1 Å². The molecule has 1 aromatic rings. The Morgan fingerprint density at radius 3 is 2.76 bits per heavy atom. The monoisotopic (exact) mass is 356 g/mol. The van der Waals surface area contributed by atoms with E-state index in [9.17, 15) is 14.7 Å². The van der Waals surface area contributed by atoms with Crippen molar-refractivity contribution in [3.05, 3.63) is 28.2 Å². The summed E-state index contributed by atoms with van der Waals surface area (Å²) in [5.74, 6) is -1.09. The van der Waals surface area contributed by atoms with Crippen molar-refractivity contribution in [2.75, 3.05) is 19.0 Å². The molecule has 114 valence electrons. The third-order valence-corrected chi connectivity index (χ3v) is 4.29. The highest BCUT2D eigenvalue weighted by Crippen LogP contribution is 2.27. The molecule has 1 aliphatic rings. The zero-order valence-electron chi connectivity index (χ0n) is 11.8. The first-order valence-electron chi connectivity index (χ1n) is 6.59. The number of hydrogen-bond donors (Lipinski definition) is 2. The number of carboxylic acids is 1. The van der Waals surface area contributed by atoms with Crippen molar-refractivity contribution in [1.29, 1.82) is 0 Å². The van der Waals surface area contributed by atoms with E-state index < -0.39 is 5.97 Å². The minimum atomic E-state index is -1.09. The maximum absolute atomic E-state index is 12.3. The number of carboxylic acid groups (broad SMARTS) is 1. The molecular weight excluding hydrogens is 340 g/mol. The molecule has 6 nitrogen and oxygen atoms in total. The Morgan fingerprint density at radius 1 is 1.48 bits per heavy atom. The van der Waals surface area contributed by atoms with Crippen LogP contribution in [0.15, 0.2) is 22.7 Å². The van der Waals surface area contributed by atoms with Crippen molar-refractivity contribution in [2.24, 2.45) is 0 Å². The summed E-state index contributed by atoms with van der Waals surface area (Å²) < 4.78 is 5.98. The van der Waals surface area contributed by atoms with Crippen molar-refractivity contribution in [3.8, 4) is 0 Å². The topological polar surface area (TPSA) is 78.9 Å². The van der Waals surface area contributed by atoms with Crippen LogP contribution in [0.4, 0.5) is 10.5 Å². The molecular formula is C14H17BrN2O4. The Bertz CT molecular complexity index is 564. The lowest BCUT2D eigenvalue weighted by molar-refractivity contribution is 0.0698. The van der Waals surface area contributed by atoms with Gasteiger partial charge in [-0.3, -0.25) is 0 Å². The standard InChI is InChI=1S/C14H17BrN2O4/c1-8-11(6-7-21-8)17(2)14(20)16-12-9(13(18)19)4-3-5-10(12)15/h3-5,8,11H,6-7H2,1-2H3,(H,16,20)(H,18,19). The SMILES string of the molecule is CC1OCCC1N(C)C(=O)Nc1c(Br)cccc1C(=O)O. The molecule has 0 aliphatic carbocycles. The molecule has 1 fully saturated rings. The average Bonchev–Trinajstić information content (AvgIpc) is 2.86. The van der Waals surface area contributed by atoms with E-state index in [0.29, 0.717) is 11.1 Å². The number of carbonyl (C=O) groups excluding carboxylic acids is 1. The maximum Gasteiger partial charge on any atom is 0.337 e. The van der Waals surface area contributed by atoms with Gasteiger partial charge in [0.2, 0.25) is 0 Å². The number of amides is 2. The number of aromatic carboxylic acids is 1. The second-order valence-electron chi connectivity index (χ2n) is 4.94. The molecule has 2 N–H and O–H groups in total. The molecule has 2 amide bonds. The normalized spacial score (nSPS) is 21.1. The number of nitrogens with zero attached hydrogens (tertiary/aromatic N) is 1. The third kappa shape index (κ3) is 3.36. The van der Waals surface area contributed by atoms with Gasteiger partial charge in [-0.1, -0.05) is 6.07 Å². The number of nitrogens with one attached hydrogen (secondary N) is 1. The van der Waals surface area contributed by atoms with Gasteiger partial charge in [0.25, 0.3) is 0 Å². The first-order chi connectivity index (χ1) is 9.91. The largest absolute Gasteiger partial charge is 0.478 e. The minimum Gasteiger partial charge on any atom is -0.478 e. The summed E-state index contributed by atoms with van der Waals surface area (Å²) in [7, 11) is 1.68. The molecule has 2 rings (SSSR count). The fourth-order valence-corrected chi connectivity index (χ4v) is 2.87. The fourth-order valence-electron chi connectivity index (χ4n) is 2.40. The van der Waals surface area contributed by atoms with E-state index in [2.05, 4.69) is 21.2 Å². The summed E-state index contributed by atoms with van der Waals surface area (Å²) in [6.45, 7) is 2.54. The highest BCUT2D eigenvalue weighted by Gasteiger charge is 2.31. The van der Waals surface area contributed by atoms with Gasteiger partial charge in [0.05, 0.1) is 23.4 Å². The zero-order chi connectivity index (χ0) is 15.6. The summed E-state index contributed by atoms with van der Waals surface area (Å²) >= 11 is 3.27. The van der Waals surface area contributed by atoms with Crippen molar-refractivity contribution in [2.45, 2.75) is 25.5 Å². The molecule has 0 aromatic heterocycles. The fraction of sp³-hybridized carbons (Fsp3) is 0.429. The number of ether oxygens (including phenoxy) is 1. The molecule has 1 heterocycles. The number of urea groups is 1. The van der Waals surface area contributed by atoms with Crippen LogP contribution < -0.4 is 5.32 Å². The van der Waals surface area contributed by atoms with Crippen LogP contribution in [0.1, 0.15) is 23.7 Å². The lowest BCUT2D eigenvalue weighted by Gasteiger charge is -2.27. The van der Waals surface area contributed by atoms with Gasteiger partial charge in [-0.2, -0.15) is 0 Å². The van der Waals surface area contributed by atoms with E-state index in [1.807, 2.05) is 6.92 Å². The Labute approximate surface area is 131 Å². The summed E-state index contributed by atoms with van der Waals surface area (Å²) in [5, 5.41) is 11.9. The number of rotatable bonds is 3. The molecule has 2 atom stereocenters. The van der Waals surface area contributed by atoms with E-state index in [0.717, 1.165) is 6.42 Å². The zero-order valence-corrected chi connectivity index (χ0v) is 13.4. The third-order valence-electron chi connectivity index (χ3n) is 3.63. The Balaban J connectivity index is 2.18. The Morgan fingerprint density at radius 2 is 2.19 bits per heavy atom. The van der Waals surface area contributed by atoms with Crippen molar-refractivity contribution < 1.29 is 19.4 Å². The van der Waals surface area contributed by atoms with Crippen LogP contribution >= 0.6 is 15.9 Å². The van der Waals surface area contributed by atoms with Crippen molar-refractivity contribution in [1.82, 2.24) is 4.90 Å². The van der Waals surface area contributed by atoms with E-state index in [-0.39, 0.29) is 29.4 Å². The van der Waals surface area contributed by atoms with Crippen LogP contribution in [0.25, 0.3) is 0 Å². The van der Waals surface area contributed by atoms with Gasteiger partial charge in [0.1, 0.15) is 0 Å². The predicted octanol–water partition coefficient (Wildman–Crippen LogP) is 2.79. The van der Waals surface area contributed by atoms with Crippen LogP contribution in [0.2, 0.25) is 0 Å². The highest BCUT2D eigenvalue weighted by atomic mass is 79.9. The Hall–Kier alpha value is -1.60. The molecule has 0 saturated carbocycles. The van der Waals surface area contributed by atoms with Crippen LogP contribution in [-0.4, -0.2) is 47.8 Å². The number of anilines is 1. The summed E-state index contributed by atoms with van der Waals surface area (Å²) in [6, 6.07) is 4.38. The van der Waals surface area contributed by atoms with E-state index in [1.54, 1.807) is 24.1 Å². The smallest absolute Gasteiger partial charge is 0.337 e. The van der Waals surface area contributed by atoms with Gasteiger partial charge in [-0.25, -0.2) is 9.59 Å². The molecule has 7 heteroatoms. The van der Waals surface area contributed by atoms with Gasteiger partial charge in [-0.15, -0.1) is 0 Å². The number of likely N-dealkylation sites (N-methyl/N-ethyl adjacent to an activating group) is 1. The molecule has 1 aliphatic heterocycles. The molecule has 21 heavy (non-hydrogen) atoms. The molecule has 0 radical (unpaired) electrons. The number of carbonyl (C=O) groups is 2. The first kappa shape index (κ1) is 15.8. The van der Waals surface area contributed by atoms with Crippen LogP contribution in [0, 0.1) is 0 Å². The predicted molar refractivity (Wildman–Crippen MR) is 81.7 cm³/mol. The first-order valence-corrected chi connectivity index (χ1v) is 7.38. The van der Waals surface area contributed by atoms with Crippen molar-refractivity contribution in [3.63, 3.8) is 0 Å². The van der Waals surface area contributed by atoms with Crippen LogP contribution in [-0.2, 0) is 4.74 Å². The molecule has 1 aromatic carbocycles. The van der Waals surface area contributed by atoms with Crippen LogP contribution in [0.5, 0.6) is 0 Å². The summed E-state index contributed by atoms with van der Waals surface area (Å²) in [4.78, 5) is 25.1. The van der Waals surface area contributed by atoms with Gasteiger partial charge in [-0.05, 0) is 41.4 Å². The molecule has 1 saturated heterocycles. The summed E-state index contributed by atoms with van der Waals surface area (Å²) in [6.07, 6.45) is 0.742. The lowest BCUT2D eigenvalue weighted by atomic mass is 10.1. The minimum absolute atomic E-state index is 0.0132. The van der Waals surface area contributed by atoms with E-state index in [4.69, 9.17) is 4.74 Å². The number of halogens is 1. The van der Waals surface area contributed by atoms with Gasteiger partial charge in [0, 0.05) is 18.1 Å². The highest BCUT2D eigenvalue weighted by molar-refractivity contribution is 9.10. The second-order valence-corrected chi connectivity index (χ2v) is 5.79. The van der Waals surface area contributed by atoms with Gasteiger partial charge in [0.15, 0.2) is 0 Å².